The molecule has 0 fully saturated rings. The Hall–Kier alpha value is -1.87. The third kappa shape index (κ3) is 3.61. The van der Waals surface area contributed by atoms with E-state index in [1.54, 1.807) is 0 Å². The van der Waals surface area contributed by atoms with Gasteiger partial charge in [0.15, 0.2) is 0 Å². The largest absolute Gasteiger partial charge is 0.494 e. The molecule has 0 aliphatic carbocycles. The number of aromatic nitrogens is 1. The van der Waals surface area contributed by atoms with Crippen LogP contribution in [0.3, 0.4) is 0 Å². The van der Waals surface area contributed by atoms with Gasteiger partial charge in [-0.1, -0.05) is 6.07 Å². The van der Waals surface area contributed by atoms with Gasteiger partial charge >= 0.3 is 0 Å². The molecule has 3 heteroatoms. The first kappa shape index (κ1) is 14.1. The summed E-state index contributed by atoms with van der Waals surface area (Å²) in [5, 5.41) is 0. The van der Waals surface area contributed by atoms with Gasteiger partial charge in [-0.2, -0.15) is 0 Å². The Morgan fingerprint density at radius 1 is 1.14 bits per heavy atom. The van der Waals surface area contributed by atoms with Crippen LogP contribution >= 0.6 is 0 Å². The van der Waals surface area contributed by atoms with E-state index in [0.29, 0.717) is 0 Å². The Labute approximate surface area is 126 Å². The molecule has 2 heterocycles. The zero-order chi connectivity index (χ0) is 14.5. The smallest absolute Gasteiger partial charge is 0.119 e. The van der Waals surface area contributed by atoms with E-state index in [1.807, 2.05) is 19.3 Å². The van der Waals surface area contributed by atoms with E-state index in [-0.39, 0.29) is 0 Å². The molecule has 0 atom stereocenters. The highest BCUT2D eigenvalue weighted by molar-refractivity contribution is 5.37. The van der Waals surface area contributed by atoms with Gasteiger partial charge in [0, 0.05) is 32.0 Å². The molecule has 110 valence electrons. The van der Waals surface area contributed by atoms with Gasteiger partial charge in [0.1, 0.15) is 5.75 Å². The van der Waals surface area contributed by atoms with Gasteiger partial charge in [0.2, 0.25) is 0 Å². The second-order valence-corrected chi connectivity index (χ2v) is 5.50. The maximum atomic E-state index is 5.61. The number of pyridine rings is 1. The average Bonchev–Trinajstić information content (AvgIpc) is 2.54. The monoisotopic (exact) mass is 282 g/mol. The minimum Gasteiger partial charge on any atom is -0.494 e. The van der Waals surface area contributed by atoms with Crippen LogP contribution in [0, 0.1) is 0 Å². The molecule has 2 aromatic rings. The lowest BCUT2D eigenvalue weighted by molar-refractivity contribution is 0.256. The molecule has 1 aromatic carbocycles. The van der Waals surface area contributed by atoms with Crippen LogP contribution in [0.25, 0.3) is 0 Å². The maximum Gasteiger partial charge on any atom is 0.119 e. The van der Waals surface area contributed by atoms with Crippen LogP contribution in [0.15, 0.2) is 42.7 Å². The van der Waals surface area contributed by atoms with Crippen LogP contribution in [0.1, 0.15) is 23.6 Å². The summed E-state index contributed by atoms with van der Waals surface area (Å²) in [5.74, 6) is 0.993. The third-order valence-corrected chi connectivity index (χ3v) is 4.05. The summed E-state index contributed by atoms with van der Waals surface area (Å²) in [4.78, 5) is 6.60. The van der Waals surface area contributed by atoms with Crippen LogP contribution < -0.4 is 4.74 Å². The SMILES string of the molecule is CCOc1ccc2c(c1)CN(CCc1ccncc1)CC2. The van der Waals surface area contributed by atoms with Crippen molar-refractivity contribution in [3.8, 4) is 5.75 Å². The molecule has 21 heavy (non-hydrogen) atoms. The Balaban J connectivity index is 1.62. The minimum atomic E-state index is 0.727. The van der Waals surface area contributed by atoms with Crippen molar-refractivity contribution >= 4 is 0 Å². The quantitative estimate of drug-likeness (QED) is 0.842. The molecule has 0 bridgehead atoms. The molecule has 0 spiro atoms. The van der Waals surface area contributed by atoms with Crippen molar-refractivity contribution in [3.05, 3.63) is 59.4 Å². The topological polar surface area (TPSA) is 25.4 Å². The van der Waals surface area contributed by atoms with Crippen LogP contribution in [0.5, 0.6) is 5.75 Å². The summed E-state index contributed by atoms with van der Waals surface area (Å²) in [7, 11) is 0. The average molecular weight is 282 g/mol. The summed E-state index contributed by atoms with van der Waals surface area (Å²) in [6.45, 7) is 6.03. The standard InChI is InChI=1S/C18H22N2O/c1-2-21-18-4-3-16-8-12-20(14-17(16)13-18)11-7-15-5-9-19-10-6-15/h3-6,9-10,13H,2,7-8,11-12,14H2,1H3. The molecule has 0 N–H and O–H groups in total. The van der Waals surface area contributed by atoms with Gasteiger partial charge in [-0.3, -0.25) is 9.88 Å². The molecule has 0 saturated heterocycles. The lowest BCUT2D eigenvalue weighted by Crippen LogP contribution is -2.32. The highest BCUT2D eigenvalue weighted by Crippen LogP contribution is 2.24. The Morgan fingerprint density at radius 2 is 2.00 bits per heavy atom. The van der Waals surface area contributed by atoms with Crippen LogP contribution in [-0.2, 0) is 19.4 Å². The van der Waals surface area contributed by atoms with Gasteiger partial charge in [-0.15, -0.1) is 0 Å². The van der Waals surface area contributed by atoms with Crippen LogP contribution in [0.4, 0.5) is 0 Å². The first-order valence-electron chi connectivity index (χ1n) is 7.71. The molecule has 1 aliphatic heterocycles. The highest BCUT2D eigenvalue weighted by atomic mass is 16.5. The summed E-state index contributed by atoms with van der Waals surface area (Å²) in [5.41, 5.74) is 4.25. The fraction of sp³-hybridized carbons (Fsp3) is 0.389. The predicted octanol–water partition coefficient (Wildman–Crippen LogP) is 3.08. The van der Waals surface area contributed by atoms with E-state index in [0.717, 1.165) is 44.8 Å². The van der Waals surface area contributed by atoms with Crippen LogP contribution in [0.2, 0.25) is 0 Å². The van der Waals surface area contributed by atoms with Crippen molar-refractivity contribution in [1.82, 2.24) is 9.88 Å². The van der Waals surface area contributed by atoms with Gasteiger partial charge in [0.25, 0.3) is 0 Å². The van der Waals surface area contributed by atoms with Crippen molar-refractivity contribution < 1.29 is 4.74 Å². The normalized spacial score (nSPS) is 14.7. The number of hydrogen-bond donors (Lipinski definition) is 0. The van der Waals surface area contributed by atoms with E-state index in [9.17, 15) is 0 Å². The first-order chi connectivity index (χ1) is 10.3. The second-order valence-electron chi connectivity index (χ2n) is 5.50. The summed E-state index contributed by atoms with van der Waals surface area (Å²) >= 11 is 0. The summed E-state index contributed by atoms with van der Waals surface area (Å²) in [6, 6.07) is 10.7. The maximum absolute atomic E-state index is 5.61. The number of rotatable bonds is 5. The Morgan fingerprint density at radius 3 is 2.81 bits per heavy atom. The van der Waals surface area contributed by atoms with Crippen molar-refractivity contribution in [2.45, 2.75) is 26.3 Å². The molecule has 0 saturated carbocycles. The lowest BCUT2D eigenvalue weighted by atomic mass is 9.99. The number of benzene rings is 1. The number of ether oxygens (including phenoxy) is 1. The van der Waals surface area contributed by atoms with Gasteiger partial charge in [-0.05, 0) is 60.7 Å². The van der Waals surface area contributed by atoms with E-state index < -0.39 is 0 Å². The molecule has 0 unspecified atom stereocenters. The molecule has 3 nitrogen and oxygen atoms in total. The third-order valence-electron chi connectivity index (χ3n) is 4.05. The van der Waals surface area contributed by atoms with Crippen molar-refractivity contribution in [1.29, 1.82) is 0 Å². The fourth-order valence-corrected chi connectivity index (χ4v) is 2.88. The van der Waals surface area contributed by atoms with Gasteiger partial charge < -0.3 is 4.74 Å². The van der Waals surface area contributed by atoms with E-state index >= 15 is 0 Å². The summed E-state index contributed by atoms with van der Waals surface area (Å²) in [6.07, 6.45) is 5.96. The molecule has 0 amide bonds. The molecule has 3 rings (SSSR count). The molecular formula is C18H22N2O. The lowest BCUT2D eigenvalue weighted by Gasteiger charge is -2.29. The predicted molar refractivity (Wildman–Crippen MR) is 84.5 cm³/mol. The highest BCUT2D eigenvalue weighted by Gasteiger charge is 2.16. The van der Waals surface area contributed by atoms with Crippen molar-refractivity contribution in [2.24, 2.45) is 0 Å². The number of nitrogens with zero attached hydrogens (tertiary/aromatic N) is 2. The number of fused-ring (bicyclic) bond motifs is 1. The molecule has 0 radical (unpaired) electrons. The summed E-state index contributed by atoms with van der Waals surface area (Å²) < 4.78 is 5.61. The Kier molecular flexibility index (Phi) is 4.51. The minimum absolute atomic E-state index is 0.727. The van der Waals surface area contributed by atoms with E-state index in [1.165, 1.54) is 16.7 Å². The zero-order valence-corrected chi connectivity index (χ0v) is 12.6. The zero-order valence-electron chi connectivity index (χ0n) is 12.6. The van der Waals surface area contributed by atoms with Crippen molar-refractivity contribution in [2.75, 3.05) is 19.7 Å². The van der Waals surface area contributed by atoms with Gasteiger partial charge in [0.05, 0.1) is 6.61 Å². The Bertz CT molecular complexity index is 583. The second kappa shape index (κ2) is 6.72. The van der Waals surface area contributed by atoms with Gasteiger partial charge in [-0.25, -0.2) is 0 Å². The molecular weight excluding hydrogens is 260 g/mol. The first-order valence-corrected chi connectivity index (χ1v) is 7.71. The van der Waals surface area contributed by atoms with Crippen LogP contribution in [-0.4, -0.2) is 29.6 Å². The molecule has 1 aromatic heterocycles. The number of hydrogen-bond acceptors (Lipinski definition) is 3. The van der Waals surface area contributed by atoms with Crippen molar-refractivity contribution in [3.63, 3.8) is 0 Å². The fourth-order valence-electron chi connectivity index (χ4n) is 2.88. The van der Waals surface area contributed by atoms with E-state index in [2.05, 4.69) is 40.2 Å². The molecule has 1 aliphatic rings. The van der Waals surface area contributed by atoms with E-state index in [4.69, 9.17) is 4.74 Å².